The molecule has 3 heterocycles. The first-order chi connectivity index (χ1) is 26.8. The van der Waals surface area contributed by atoms with Gasteiger partial charge in [0.1, 0.15) is 17.0 Å². The van der Waals surface area contributed by atoms with E-state index < -0.39 is 0 Å². The number of benzene rings is 8. The third kappa shape index (κ3) is 4.88. The van der Waals surface area contributed by atoms with Crippen LogP contribution in [-0.4, -0.2) is 10.4 Å². The van der Waals surface area contributed by atoms with Gasteiger partial charge in [0, 0.05) is 44.4 Å². The van der Waals surface area contributed by atoms with Crippen LogP contribution >= 0.6 is 0 Å². The van der Waals surface area contributed by atoms with Crippen LogP contribution < -0.4 is 5.32 Å². The van der Waals surface area contributed by atoms with Crippen molar-refractivity contribution in [2.45, 2.75) is 6.04 Å². The molecule has 1 aliphatic rings. The lowest BCUT2D eigenvalue weighted by Gasteiger charge is -2.28. The minimum atomic E-state index is -0.108. The Morgan fingerprint density at radius 2 is 1.02 bits per heavy atom. The zero-order chi connectivity index (χ0) is 35.6. The number of hydrogen-bond acceptors (Lipinski definition) is 3. The molecule has 0 saturated carbocycles. The van der Waals surface area contributed by atoms with E-state index in [-0.39, 0.29) is 6.04 Å². The fraction of sp³-hybridized carbons (Fsp3) is 0.0200. The summed E-state index contributed by atoms with van der Waals surface area (Å²) >= 11 is 0. The maximum absolute atomic E-state index is 6.76. The van der Waals surface area contributed by atoms with Crippen LogP contribution in [0, 0.1) is 0 Å². The summed E-state index contributed by atoms with van der Waals surface area (Å²) in [5.41, 5.74) is 14.2. The van der Waals surface area contributed by atoms with Gasteiger partial charge in [-0.1, -0.05) is 146 Å². The minimum absolute atomic E-state index is 0.108. The molecule has 10 aromatic rings. The first-order valence-corrected chi connectivity index (χ1v) is 18.4. The molecular formula is C50H33N3O. The van der Waals surface area contributed by atoms with Gasteiger partial charge < -0.3 is 14.3 Å². The molecule has 0 aliphatic carbocycles. The second kappa shape index (κ2) is 12.2. The highest BCUT2D eigenvalue weighted by molar-refractivity contribution is 6.12. The zero-order valence-corrected chi connectivity index (χ0v) is 29.3. The van der Waals surface area contributed by atoms with E-state index in [4.69, 9.17) is 9.41 Å². The molecular weight excluding hydrogens is 659 g/mol. The van der Waals surface area contributed by atoms with Gasteiger partial charge in [-0.05, 0) is 64.2 Å². The highest BCUT2D eigenvalue weighted by Crippen LogP contribution is 2.42. The van der Waals surface area contributed by atoms with Crippen molar-refractivity contribution in [3.05, 3.63) is 205 Å². The van der Waals surface area contributed by atoms with Crippen LogP contribution in [0.25, 0.3) is 71.7 Å². The first kappa shape index (κ1) is 30.5. The van der Waals surface area contributed by atoms with E-state index in [1.54, 1.807) is 0 Å². The number of hydrogen-bond donors (Lipinski definition) is 1. The number of furan rings is 1. The molecule has 2 aromatic heterocycles. The minimum Gasteiger partial charge on any atom is -0.456 e. The zero-order valence-electron chi connectivity index (χ0n) is 29.3. The van der Waals surface area contributed by atoms with Gasteiger partial charge in [0.25, 0.3) is 0 Å². The molecule has 1 aliphatic heterocycles. The molecule has 0 spiro atoms. The van der Waals surface area contributed by atoms with Crippen LogP contribution in [0.5, 0.6) is 0 Å². The van der Waals surface area contributed by atoms with E-state index in [0.717, 1.165) is 66.9 Å². The van der Waals surface area contributed by atoms with Gasteiger partial charge in [0.2, 0.25) is 0 Å². The molecule has 0 bridgehead atoms. The lowest BCUT2D eigenvalue weighted by molar-refractivity contribution is 0.667. The van der Waals surface area contributed by atoms with Crippen LogP contribution in [0.4, 0.5) is 5.69 Å². The van der Waals surface area contributed by atoms with E-state index in [9.17, 15) is 0 Å². The third-order valence-electron chi connectivity index (χ3n) is 10.9. The van der Waals surface area contributed by atoms with Gasteiger partial charge in [-0.25, -0.2) is 4.99 Å². The lowest BCUT2D eigenvalue weighted by Crippen LogP contribution is -2.32. The Labute approximate surface area is 312 Å². The summed E-state index contributed by atoms with van der Waals surface area (Å²) in [6, 6.07) is 66.7. The normalized spacial score (nSPS) is 14.0. The molecule has 4 nitrogen and oxygen atoms in total. The van der Waals surface area contributed by atoms with Crippen molar-refractivity contribution >= 4 is 55.3 Å². The van der Waals surface area contributed by atoms with Crippen molar-refractivity contribution in [2.24, 2.45) is 4.99 Å². The molecule has 54 heavy (non-hydrogen) atoms. The number of nitrogens with one attached hydrogen (secondary N) is 1. The smallest absolute Gasteiger partial charge is 0.137 e. The summed E-state index contributed by atoms with van der Waals surface area (Å²) < 4.78 is 9.16. The molecule has 8 aromatic carbocycles. The number of para-hydroxylation sites is 1. The Kier molecular flexibility index (Phi) is 6.89. The largest absolute Gasteiger partial charge is 0.456 e. The van der Waals surface area contributed by atoms with Gasteiger partial charge in [0.05, 0.1) is 22.8 Å². The summed E-state index contributed by atoms with van der Waals surface area (Å²) in [6.45, 7) is 0. The van der Waals surface area contributed by atoms with Gasteiger partial charge in [-0.15, -0.1) is 0 Å². The molecule has 1 atom stereocenters. The van der Waals surface area contributed by atoms with Crippen molar-refractivity contribution < 1.29 is 4.42 Å². The molecule has 0 amide bonds. The summed E-state index contributed by atoms with van der Waals surface area (Å²) in [5, 5.41) is 8.44. The van der Waals surface area contributed by atoms with Gasteiger partial charge in [-0.2, -0.15) is 0 Å². The number of fused-ring (bicyclic) bond motifs is 7. The van der Waals surface area contributed by atoms with Crippen molar-refractivity contribution in [3.8, 4) is 27.9 Å². The van der Waals surface area contributed by atoms with Crippen LogP contribution in [0.15, 0.2) is 197 Å². The summed E-state index contributed by atoms with van der Waals surface area (Å²) in [7, 11) is 0. The van der Waals surface area contributed by atoms with Gasteiger partial charge in [-0.3, -0.25) is 0 Å². The number of amidine groups is 1. The lowest BCUT2D eigenvalue weighted by atomic mass is 9.91. The van der Waals surface area contributed by atoms with E-state index in [0.29, 0.717) is 0 Å². The van der Waals surface area contributed by atoms with Crippen molar-refractivity contribution in [1.82, 2.24) is 9.88 Å². The average molecular weight is 692 g/mol. The predicted molar refractivity (Wildman–Crippen MR) is 223 cm³/mol. The molecule has 1 N–H and O–H groups in total. The fourth-order valence-electron chi connectivity index (χ4n) is 8.33. The van der Waals surface area contributed by atoms with Crippen LogP contribution in [-0.2, 0) is 0 Å². The van der Waals surface area contributed by atoms with Gasteiger partial charge in [0.15, 0.2) is 0 Å². The monoisotopic (exact) mass is 691 g/mol. The van der Waals surface area contributed by atoms with Crippen LogP contribution in [0.1, 0.15) is 22.7 Å². The summed E-state index contributed by atoms with van der Waals surface area (Å²) in [5.74, 6) is 0.863. The van der Waals surface area contributed by atoms with E-state index >= 15 is 0 Å². The maximum Gasteiger partial charge on any atom is 0.137 e. The number of nitrogens with zero attached hydrogens (tertiary/aromatic N) is 2. The third-order valence-corrected chi connectivity index (χ3v) is 10.9. The van der Waals surface area contributed by atoms with E-state index in [1.807, 2.05) is 6.07 Å². The Bertz CT molecular complexity index is 2970. The van der Waals surface area contributed by atoms with Crippen molar-refractivity contribution in [3.63, 3.8) is 0 Å². The molecule has 4 heteroatoms. The quantitative estimate of drug-likeness (QED) is 0.195. The predicted octanol–water partition coefficient (Wildman–Crippen LogP) is 12.8. The SMILES string of the molecule is c1ccc(C2=Nc3ccccc3C(c3cccc4oc5cc(-n6c7cc(-c8ccccc8)ccc7c7ccc(-c8ccccc8)cc76)ccc5c34)N2)cc1. The number of aromatic nitrogens is 1. The van der Waals surface area contributed by atoms with Crippen LogP contribution in [0.3, 0.4) is 0 Å². The Hall–Kier alpha value is -7.17. The van der Waals surface area contributed by atoms with E-state index in [1.165, 1.54) is 33.0 Å². The average Bonchev–Trinajstić information content (AvgIpc) is 3.79. The van der Waals surface area contributed by atoms with Crippen molar-refractivity contribution in [2.75, 3.05) is 0 Å². The highest BCUT2D eigenvalue weighted by Gasteiger charge is 2.27. The molecule has 11 rings (SSSR count). The Balaban J connectivity index is 1.11. The standard InChI is InChI=1S/C50H33N3O/c1-4-13-32(14-5-1)35-23-26-38-39-27-24-36(33-15-6-2-7-16-33)30-45(39)53(44(38)29-35)37-25-28-41-47(31-37)54-46-22-12-20-42(48(41)46)49-40-19-10-11-21-43(40)51-50(52-49)34-17-8-3-9-18-34/h1-31,49H,(H,51,52). The molecule has 0 fully saturated rings. The van der Waals surface area contributed by atoms with Crippen molar-refractivity contribution in [1.29, 1.82) is 0 Å². The molecule has 254 valence electrons. The maximum atomic E-state index is 6.76. The fourth-order valence-corrected chi connectivity index (χ4v) is 8.33. The Morgan fingerprint density at radius 1 is 0.444 bits per heavy atom. The second-order valence-electron chi connectivity index (χ2n) is 14.0. The van der Waals surface area contributed by atoms with Crippen LogP contribution in [0.2, 0.25) is 0 Å². The topological polar surface area (TPSA) is 42.5 Å². The molecule has 1 unspecified atom stereocenters. The summed E-state index contributed by atoms with van der Waals surface area (Å²) in [6.07, 6.45) is 0. The molecule has 0 radical (unpaired) electrons. The first-order valence-electron chi connectivity index (χ1n) is 18.4. The van der Waals surface area contributed by atoms with Gasteiger partial charge >= 0.3 is 0 Å². The van der Waals surface area contributed by atoms with E-state index in [2.05, 4.69) is 192 Å². The Morgan fingerprint density at radius 3 is 1.69 bits per heavy atom. The summed E-state index contributed by atoms with van der Waals surface area (Å²) in [4.78, 5) is 5.04. The molecule has 0 saturated heterocycles. The number of aliphatic imine (C=N–C) groups is 1. The second-order valence-corrected chi connectivity index (χ2v) is 14.0. The highest BCUT2D eigenvalue weighted by atomic mass is 16.3. The number of rotatable bonds is 5.